The number of benzene rings is 2. The average Bonchev–Trinajstić information content (AvgIpc) is 3.78. The van der Waals surface area contributed by atoms with E-state index in [0.717, 1.165) is 58.6 Å². The number of pyridine rings is 2. The summed E-state index contributed by atoms with van der Waals surface area (Å²) in [4.78, 5) is 80.8. The number of fused-ring (bicyclic) bond motifs is 4. The summed E-state index contributed by atoms with van der Waals surface area (Å²) in [6.45, 7) is -0.131. The van der Waals surface area contributed by atoms with Gasteiger partial charge in [-0.05, 0) is 73.2 Å². The van der Waals surface area contributed by atoms with Gasteiger partial charge in [0.15, 0.2) is 24.5 Å². The second-order valence-corrected chi connectivity index (χ2v) is 14.4. The van der Waals surface area contributed by atoms with Gasteiger partial charge in [0, 0.05) is 37.0 Å². The van der Waals surface area contributed by atoms with Crippen molar-refractivity contribution >= 4 is 68.4 Å². The molecule has 2 amide bonds. The number of nitrogens with one attached hydrogen (secondary N) is 4. The van der Waals surface area contributed by atoms with Crippen LogP contribution in [0.15, 0.2) is 68.4 Å². The predicted octanol–water partition coefficient (Wildman–Crippen LogP) is 4.27. The Hall–Kier alpha value is -6.36. The maximum Gasteiger partial charge on any atom is 0.325 e. The summed E-state index contributed by atoms with van der Waals surface area (Å²) in [5.74, 6) is -0.101. The second-order valence-electron chi connectivity index (χ2n) is 14.4. The summed E-state index contributed by atoms with van der Waals surface area (Å²) in [5.41, 5.74) is 4.98. The monoisotopic (exact) mass is 780 g/mol. The minimum atomic E-state index is -0.282. The van der Waals surface area contributed by atoms with Gasteiger partial charge in [0.2, 0.25) is 0 Å². The van der Waals surface area contributed by atoms with Crippen LogP contribution in [-0.4, -0.2) is 109 Å². The first kappa shape index (κ1) is 40.3. The minimum Gasteiger partial charge on any atom is -0.412 e. The first-order chi connectivity index (χ1) is 27.2. The minimum absolute atomic E-state index is 0. The van der Waals surface area contributed by atoms with Gasteiger partial charge in [0.05, 0.1) is 34.5 Å². The third kappa shape index (κ3) is 10.1. The molecule has 4 heterocycles. The van der Waals surface area contributed by atoms with Gasteiger partial charge in [-0.2, -0.15) is 0 Å². The van der Waals surface area contributed by atoms with Crippen molar-refractivity contribution in [3.05, 3.63) is 80.6 Å². The van der Waals surface area contributed by atoms with E-state index in [1.165, 1.54) is 38.5 Å². The summed E-state index contributed by atoms with van der Waals surface area (Å²) in [7, 11) is 3.68. The number of carbonyl (C=O) groups is 2. The number of hydrogen-bond acceptors (Lipinski definition) is 10. The molecule has 0 atom stereocenters. The quantitative estimate of drug-likeness (QED) is 0.115. The molecule has 2 aliphatic rings. The highest BCUT2D eigenvalue weighted by atomic mass is 16.6. The Morgan fingerprint density at radius 3 is 1.46 bits per heavy atom. The normalized spacial score (nSPS) is 15.2. The van der Waals surface area contributed by atoms with Crippen LogP contribution in [0.1, 0.15) is 75.3 Å². The number of amides is 2. The number of aromatic amines is 4. The number of aromatic nitrogens is 6. The molecule has 17 heteroatoms. The summed E-state index contributed by atoms with van der Waals surface area (Å²) in [5, 5.41) is 9.60. The summed E-state index contributed by atoms with van der Waals surface area (Å²) in [6, 6.07) is 15.6. The van der Waals surface area contributed by atoms with Gasteiger partial charge in [-0.15, -0.1) is 0 Å². The lowest BCUT2D eigenvalue weighted by Crippen LogP contribution is -2.40. The van der Waals surface area contributed by atoms with Crippen molar-refractivity contribution in [1.29, 1.82) is 0 Å². The number of likely N-dealkylation sites (N-methyl/N-ethyl adjacent to an activating group) is 2. The van der Waals surface area contributed by atoms with E-state index < -0.39 is 0 Å². The molecule has 57 heavy (non-hydrogen) atoms. The van der Waals surface area contributed by atoms with Gasteiger partial charge in [-0.1, -0.05) is 61.0 Å². The van der Waals surface area contributed by atoms with E-state index in [9.17, 15) is 19.2 Å². The van der Waals surface area contributed by atoms with Crippen molar-refractivity contribution in [2.24, 2.45) is 10.3 Å². The van der Waals surface area contributed by atoms with Gasteiger partial charge < -0.3 is 34.9 Å². The van der Waals surface area contributed by atoms with Crippen molar-refractivity contribution in [2.75, 3.05) is 27.3 Å². The number of nitrogens with zero attached hydrogens (tertiary/aromatic N) is 6. The number of rotatable bonds is 10. The zero-order valence-electron chi connectivity index (χ0n) is 32.0. The van der Waals surface area contributed by atoms with Crippen LogP contribution in [0.4, 0.5) is 0 Å². The number of carbonyl (C=O) groups excluding carboxylic acids is 2. The number of imidazole rings is 2. The Bertz CT molecular complexity index is 2330. The fraction of sp³-hybridized carbons (Fsp3) is 0.400. The molecule has 0 saturated heterocycles. The summed E-state index contributed by atoms with van der Waals surface area (Å²) in [6.07, 6.45) is 14.6. The molecule has 300 valence electrons. The van der Waals surface area contributed by atoms with Gasteiger partial charge in [-0.25, -0.2) is 19.6 Å². The van der Waals surface area contributed by atoms with E-state index in [0.29, 0.717) is 34.4 Å². The Labute approximate surface area is 326 Å². The highest BCUT2D eigenvalue weighted by molar-refractivity contribution is 5.94. The molecular formula is C40H48N10O7. The highest BCUT2D eigenvalue weighted by Crippen LogP contribution is 2.23. The maximum atomic E-state index is 12.2. The number of hydrogen-bond donors (Lipinski definition) is 4. The molecule has 4 aromatic heterocycles. The fourth-order valence-corrected chi connectivity index (χ4v) is 7.38. The third-order valence-corrected chi connectivity index (χ3v) is 10.6. The van der Waals surface area contributed by atoms with E-state index >= 15 is 0 Å². The van der Waals surface area contributed by atoms with Crippen LogP contribution < -0.4 is 11.4 Å². The first-order valence-corrected chi connectivity index (χ1v) is 19.1. The maximum absolute atomic E-state index is 12.2. The van der Waals surface area contributed by atoms with E-state index in [1.807, 2.05) is 62.6 Å². The summed E-state index contributed by atoms with van der Waals surface area (Å²) < 4.78 is 0. The van der Waals surface area contributed by atoms with Crippen LogP contribution in [0.25, 0.3) is 44.1 Å². The zero-order valence-corrected chi connectivity index (χ0v) is 32.0. The molecule has 2 fully saturated rings. The lowest BCUT2D eigenvalue weighted by Gasteiger charge is -2.30. The van der Waals surface area contributed by atoms with Gasteiger partial charge in [0.25, 0.3) is 11.8 Å². The number of H-pyrrole nitrogens is 4. The molecule has 8 rings (SSSR count). The van der Waals surface area contributed by atoms with Crippen molar-refractivity contribution < 1.29 is 24.7 Å². The van der Waals surface area contributed by atoms with Crippen molar-refractivity contribution in [2.45, 2.75) is 76.3 Å². The Morgan fingerprint density at radius 2 is 1.05 bits per heavy atom. The van der Waals surface area contributed by atoms with Crippen LogP contribution >= 0.6 is 0 Å². The molecule has 0 spiro atoms. The molecule has 0 bridgehead atoms. The molecule has 2 aliphatic carbocycles. The molecule has 2 saturated carbocycles. The van der Waals surface area contributed by atoms with Crippen LogP contribution in [0.3, 0.4) is 0 Å². The smallest absolute Gasteiger partial charge is 0.325 e. The van der Waals surface area contributed by atoms with Crippen LogP contribution in [0.2, 0.25) is 0 Å². The van der Waals surface area contributed by atoms with Gasteiger partial charge in [-0.3, -0.25) is 19.6 Å². The summed E-state index contributed by atoms with van der Waals surface area (Å²) >= 11 is 0. The van der Waals surface area contributed by atoms with E-state index in [2.05, 4.69) is 40.2 Å². The Balaban J connectivity index is 0.000000189. The highest BCUT2D eigenvalue weighted by Gasteiger charge is 2.23. The Kier molecular flexibility index (Phi) is 13.1. The third-order valence-electron chi connectivity index (χ3n) is 10.6. The topological polar surface area (TPSA) is 238 Å². The van der Waals surface area contributed by atoms with Crippen LogP contribution in [-0.2, 0) is 19.3 Å². The van der Waals surface area contributed by atoms with Crippen molar-refractivity contribution in [3.8, 4) is 0 Å². The fourth-order valence-electron chi connectivity index (χ4n) is 7.38. The molecule has 2 aromatic carbocycles. The zero-order chi connectivity index (χ0) is 39.0. The van der Waals surface area contributed by atoms with Crippen LogP contribution in [0, 0.1) is 0 Å². The molecule has 6 aromatic rings. The Morgan fingerprint density at radius 1 is 0.649 bits per heavy atom. The molecule has 0 radical (unpaired) electrons. The van der Waals surface area contributed by atoms with Crippen molar-refractivity contribution in [1.82, 2.24) is 39.7 Å². The predicted molar refractivity (Wildman–Crippen MR) is 218 cm³/mol. The first-order valence-electron chi connectivity index (χ1n) is 19.1. The number of oxime groups is 2. The molecular weight excluding hydrogens is 733 g/mol. The molecule has 0 aliphatic heterocycles. The van der Waals surface area contributed by atoms with Crippen molar-refractivity contribution in [3.63, 3.8) is 0 Å². The van der Waals surface area contributed by atoms with Crippen LogP contribution in [0.5, 0.6) is 0 Å². The molecule has 6 N–H and O–H groups in total. The van der Waals surface area contributed by atoms with Gasteiger partial charge in [0.1, 0.15) is 0 Å². The largest absolute Gasteiger partial charge is 0.412 e. The second kappa shape index (κ2) is 18.5. The van der Waals surface area contributed by atoms with E-state index in [-0.39, 0.29) is 41.9 Å². The lowest BCUT2D eigenvalue weighted by molar-refractivity contribution is -0.138. The van der Waals surface area contributed by atoms with E-state index in [1.54, 1.807) is 22.2 Å². The SMILES string of the molecule is CN(C(=O)CON=Cc1ccc2nc3[nH]c(=O)[nH]c3cc2c1)C1CCCCC1.CN(C(=O)CON=Cc1ccc2nc3[nH]c(=O)[nH]c3cc2c1)C1CCCCC1.O. The van der Waals surface area contributed by atoms with E-state index in [4.69, 9.17) is 9.68 Å². The van der Waals surface area contributed by atoms with Gasteiger partial charge >= 0.3 is 11.4 Å². The lowest BCUT2D eigenvalue weighted by atomic mass is 9.94. The molecule has 0 unspecified atom stereocenters. The molecule has 17 nitrogen and oxygen atoms in total. The average molecular weight is 781 g/mol. The standard InChI is InChI=1S/2C20H23N5O3.H2O/c2*1-25(15-5-3-2-4-6-15)18(26)12-28-21-11-13-7-8-16-14(9-13)10-17-19(22-16)24-20(27)23-17;/h2*7-11,15H,2-6,12H2,1H3,(H2,22,23,24,27);1H2.